The summed E-state index contributed by atoms with van der Waals surface area (Å²) in [6.45, 7) is 7.42. The van der Waals surface area contributed by atoms with Crippen molar-refractivity contribution in [2.24, 2.45) is 5.73 Å². The van der Waals surface area contributed by atoms with Crippen LogP contribution in [0.25, 0.3) is 16.9 Å². The number of benzene rings is 1. The summed E-state index contributed by atoms with van der Waals surface area (Å²) in [4.78, 5) is 4.86. The molecule has 2 N–H and O–H groups in total. The van der Waals surface area contributed by atoms with Crippen LogP contribution in [0.2, 0.25) is 0 Å². The maximum atomic E-state index is 5.96. The lowest BCUT2D eigenvalue weighted by molar-refractivity contribution is 0.341. The number of hydrogen-bond acceptors (Lipinski definition) is 3. The minimum absolute atomic E-state index is 0.205. The lowest BCUT2D eigenvalue weighted by atomic mass is 10.0. The van der Waals surface area contributed by atoms with E-state index in [1.807, 2.05) is 25.1 Å². The molecule has 1 unspecified atom stereocenters. The van der Waals surface area contributed by atoms with Crippen molar-refractivity contribution in [2.45, 2.75) is 26.7 Å². The van der Waals surface area contributed by atoms with Crippen molar-refractivity contribution in [3.8, 4) is 17.0 Å². The highest BCUT2D eigenvalue weighted by atomic mass is 16.5. The summed E-state index contributed by atoms with van der Waals surface area (Å²) >= 11 is 0. The van der Waals surface area contributed by atoms with Crippen molar-refractivity contribution < 1.29 is 4.74 Å². The summed E-state index contributed by atoms with van der Waals surface area (Å²) in [7, 11) is 0. The fraction of sp³-hybridized carbons (Fsp3) is 0.316. The van der Waals surface area contributed by atoms with Gasteiger partial charge in [-0.05, 0) is 37.6 Å². The second-order valence-electron chi connectivity index (χ2n) is 5.85. The van der Waals surface area contributed by atoms with E-state index in [4.69, 9.17) is 15.5 Å². The number of hydrogen-bond donors (Lipinski definition) is 1. The zero-order valence-corrected chi connectivity index (χ0v) is 13.9. The Bertz CT molecular complexity index is 823. The van der Waals surface area contributed by atoms with E-state index >= 15 is 0 Å². The van der Waals surface area contributed by atoms with Crippen LogP contribution >= 0.6 is 0 Å². The lowest BCUT2D eigenvalue weighted by Gasteiger charge is -2.14. The molecule has 0 radical (unpaired) electrons. The summed E-state index contributed by atoms with van der Waals surface area (Å²) in [6.07, 6.45) is 2.12. The molecule has 23 heavy (non-hydrogen) atoms. The third-order valence-electron chi connectivity index (χ3n) is 4.07. The summed E-state index contributed by atoms with van der Waals surface area (Å²) in [6, 6.07) is 12.2. The lowest BCUT2D eigenvalue weighted by Crippen LogP contribution is -2.12. The van der Waals surface area contributed by atoms with E-state index in [-0.39, 0.29) is 5.92 Å². The van der Waals surface area contributed by atoms with Gasteiger partial charge >= 0.3 is 0 Å². The van der Waals surface area contributed by atoms with Gasteiger partial charge in [0.1, 0.15) is 11.4 Å². The van der Waals surface area contributed by atoms with Gasteiger partial charge < -0.3 is 14.9 Å². The first-order chi connectivity index (χ1) is 11.2. The van der Waals surface area contributed by atoms with Gasteiger partial charge in [0.25, 0.3) is 0 Å². The quantitative estimate of drug-likeness (QED) is 0.780. The first-order valence-electron chi connectivity index (χ1n) is 8.06. The van der Waals surface area contributed by atoms with Crippen LogP contribution in [0.3, 0.4) is 0 Å². The average molecular weight is 309 g/mol. The Morgan fingerprint density at radius 3 is 2.74 bits per heavy atom. The maximum absolute atomic E-state index is 5.96. The molecule has 0 aliphatic rings. The number of aromatic nitrogens is 2. The van der Waals surface area contributed by atoms with Crippen LogP contribution in [0.1, 0.15) is 31.0 Å². The molecule has 0 saturated heterocycles. The molecule has 0 fully saturated rings. The second kappa shape index (κ2) is 6.42. The van der Waals surface area contributed by atoms with Crippen molar-refractivity contribution in [3.63, 3.8) is 0 Å². The molecule has 1 aromatic carbocycles. The Kier molecular flexibility index (Phi) is 4.35. The second-order valence-corrected chi connectivity index (χ2v) is 5.85. The summed E-state index contributed by atoms with van der Waals surface area (Å²) in [5, 5.41) is 0. The van der Waals surface area contributed by atoms with Gasteiger partial charge in [0.2, 0.25) is 0 Å². The number of nitrogens with two attached hydrogens (primary N) is 1. The van der Waals surface area contributed by atoms with Gasteiger partial charge in [-0.25, -0.2) is 4.98 Å². The smallest absolute Gasteiger partial charge is 0.137 e. The van der Waals surface area contributed by atoms with Gasteiger partial charge in [0.15, 0.2) is 0 Å². The van der Waals surface area contributed by atoms with E-state index in [0.717, 1.165) is 28.3 Å². The first kappa shape index (κ1) is 15.6. The normalized spacial score (nSPS) is 12.5. The van der Waals surface area contributed by atoms with Crippen LogP contribution in [-0.4, -0.2) is 22.5 Å². The molecule has 0 spiro atoms. The van der Waals surface area contributed by atoms with E-state index in [1.54, 1.807) is 0 Å². The molecule has 0 bridgehead atoms. The van der Waals surface area contributed by atoms with E-state index in [0.29, 0.717) is 13.2 Å². The summed E-state index contributed by atoms with van der Waals surface area (Å²) in [5.74, 6) is 1.07. The van der Waals surface area contributed by atoms with Gasteiger partial charge in [-0.2, -0.15) is 0 Å². The molecule has 0 saturated carbocycles. The number of nitrogens with zero attached hydrogens (tertiary/aromatic N) is 2. The van der Waals surface area contributed by atoms with Crippen molar-refractivity contribution in [2.75, 3.05) is 13.2 Å². The molecule has 2 aromatic heterocycles. The number of rotatable bonds is 5. The highest BCUT2D eigenvalue weighted by Gasteiger charge is 2.21. The summed E-state index contributed by atoms with van der Waals surface area (Å²) in [5.41, 5.74) is 11.2. The minimum Gasteiger partial charge on any atom is -0.493 e. The standard InChI is InChI=1S/C19H23N3O/c1-4-23-16-8-6-5-7-15(16)18-19(14(3)11-20)22-12-13(2)9-10-17(22)21-18/h5-10,12,14H,4,11,20H2,1-3H3. The topological polar surface area (TPSA) is 52.5 Å². The van der Waals surface area contributed by atoms with Crippen LogP contribution in [0.4, 0.5) is 0 Å². The zero-order valence-electron chi connectivity index (χ0n) is 13.9. The van der Waals surface area contributed by atoms with Gasteiger partial charge in [-0.15, -0.1) is 0 Å². The molecule has 3 rings (SSSR count). The van der Waals surface area contributed by atoms with E-state index in [1.165, 1.54) is 5.56 Å². The van der Waals surface area contributed by atoms with E-state index in [9.17, 15) is 0 Å². The molecule has 0 aliphatic carbocycles. The van der Waals surface area contributed by atoms with Gasteiger partial charge in [-0.3, -0.25) is 0 Å². The zero-order chi connectivity index (χ0) is 16.4. The molecule has 0 amide bonds. The number of ether oxygens (including phenoxy) is 1. The third kappa shape index (κ3) is 2.82. The Balaban J connectivity index is 2.29. The Labute approximate surface area is 136 Å². The highest BCUT2D eigenvalue weighted by Crippen LogP contribution is 2.35. The Morgan fingerprint density at radius 2 is 2.00 bits per heavy atom. The average Bonchev–Trinajstić information content (AvgIpc) is 2.93. The van der Waals surface area contributed by atoms with Gasteiger partial charge in [-0.1, -0.05) is 25.1 Å². The first-order valence-corrected chi connectivity index (χ1v) is 8.06. The molecular weight excluding hydrogens is 286 g/mol. The van der Waals surface area contributed by atoms with E-state index < -0.39 is 0 Å². The van der Waals surface area contributed by atoms with Crippen LogP contribution < -0.4 is 10.5 Å². The third-order valence-corrected chi connectivity index (χ3v) is 4.07. The molecule has 3 aromatic rings. The molecule has 1 atom stereocenters. The van der Waals surface area contributed by atoms with Crippen LogP contribution in [0, 0.1) is 6.92 Å². The Morgan fingerprint density at radius 1 is 1.22 bits per heavy atom. The maximum Gasteiger partial charge on any atom is 0.137 e. The SMILES string of the molecule is CCOc1ccccc1-c1nc2ccc(C)cn2c1C(C)CN. The van der Waals surface area contributed by atoms with Gasteiger partial charge in [0, 0.05) is 24.2 Å². The molecule has 120 valence electrons. The van der Waals surface area contributed by atoms with Crippen LogP contribution in [-0.2, 0) is 0 Å². The molecule has 4 nitrogen and oxygen atoms in total. The fourth-order valence-electron chi connectivity index (χ4n) is 2.89. The number of imidazole rings is 1. The van der Waals surface area contributed by atoms with Crippen molar-refractivity contribution >= 4 is 5.65 Å². The largest absolute Gasteiger partial charge is 0.493 e. The molecule has 0 aliphatic heterocycles. The summed E-state index contributed by atoms with van der Waals surface area (Å²) < 4.78 is 7.96. The predicted octanol–water partition coefficient (Wildman–Crippen LogP) is 3.77. The number of pyridine rings is 1. The van der Waals surface area contributed by atoms with Crippen LogP contribution in [0.15, 0.2) is 42.6 Å². The number of para-hydroxylation sites is 1. The predicted molar refractivity (Wildman–Crippen MR) is 94.0 cm³/mol. The molecule has 4 heteroatoms. The number of aryl methyl sites for hydroxylation is 1. The van der Waals surface area contributed by atoms with Crippen molar-refractivity contribution in [1.82, 2.24) is 9.38 Å². The van der Waals surface area contributed by atoms with Gasteiger partial charge in [0.05, 0.1) is 18.0 Å². The number of fused-ring (bicyclic) bond motifs is 1. The van der Waals surface area contributed by atoms with Crippen LogP contribution in [0.5, 0.6) is 5.75 Å². The van der Waals surface area contributed by atoms with Crippen molar-refractivity contribution in [3.05, 3.63) is 53.9 Å². The molecule has 2 heterocycles. The van der Waals surface area contributed by atoms with Crippen molar-refractivity contribution in [1.29, 1.82) is 0 Å². The minimum atomic E-state index is 0.205. The van der Waals surface area contributed by atoms with E-state index in [2.05, 4.69) is 42.6 Å². The fourth-order valence-corrected chi connectivity index (χ4v) is 2.89. The molecular formula is C19H23N3O. The monoisotopic (exact) mass is 309 g/mol. The Hall–Kier alpha value is -2.33. The highest BCUT2D eigenvalue weighted by molar-refractivity contribution is 5.73.